The Morgan fingerprint density at radius 2 is 1.61 bits per heavy atom. The van der Waals surface area contributed by atoms with Crippen molar-refractivity contribution in [2.45, 2.75) is 13.8 Å². The third-order valence-corrected chi connectivity index (χ3v) is 4.79. The second-order valence-corrected chi connectivity index (χ2v) is 7.03. The highest BCUT2D eigenvalue weighted by atomic mass is 16.5. The van der Waals surface area contributed by atoms with Gasteiger partial charge < -0.3 is 14.5 Å². The largest absolute Gasteiger partial charge is 0.455 e. The number of esters is 1. The fourth-order valence-corrected chi connectivity index (χ4v) is 3.31. The number of para-hydroxylation sites is 1. The maximum atomic E-state index is 12.9. The molecule has 0 bridgehead atoms. The summed E-state index contributed by atoms with van der Waals surface area (Å²) in [5.41, 5.74) is 1.93. The van der Waals surface area contributed by atoms with Gasteiger partial charge in [-0.2, -0.15) is 0 Å². The first kappa shape index (κ1) is 20.1. The van der Waals surface area contributed by atoms with Crippen LogP contribution in [-0.4, -0.2) is 11.9 Å². The van der Waals surface area contributed by atoms with Crippen molar-refractivity contribution in [2.24, 2.45) is 0 Å². The summed E-state index contributed by atoms with van der Waals surface area (Å²) in [6.45, 7) is 3.11. The summed E-state index contributed by atoms with van der Waals surface area (Å²) in [6.07, 6.45) is 0. The number of carbonyl (C=O) groups is 2. The van der Waals surface area contributed by atoms with Crippen molar-refractivity contribution in [1.29, 1.82) is 0 Å². The molecule has 0 unspecified atom stereocenters. The number of fused-ring (bicyclic) bond motifs is 1. The van der Waals surface area contributed by atoms with Gasteiger partial charge in [-0.15, -0.1) is 0 Å². The lowest BCUT2D eigenvalue weighted by Crippen LogP contribution is -2.13. The van der Waals surface area contributed by atoms with Crippen molar-refractivity contribution < 1.29 is 18.7 Å². The van der Waals surface area contributed by atoms with Gasteiger partial charge in [-0.1, -0.05) is 36.4 Å². The van der Waals surface area contributed by atoms with E-state index in [1.54, 1.807) is 49.4 Å². The van der Waals surface area contributed by atoms with E-state index >= 15 is 0 Å². The Morgan fingerprint density at radius 1 is 0.903 bits per heavy atom. The number of hydrogen-bond donors (Lipinski definition) is 1. The molecule has 4 rings (SSSR count). The van der Waals surface area contributed by atoms with Gasteiger partial charge in [0.2, 0.25) is 5.91 Å². The van der Waals surface area contributed by atoms with Crippen LogP contribution in [0.4, 0.5) is 5.69 Å². The molecule has 1 amide bonds. The average Bonchev–Trinajstić information content (AvgIpc) is 2.77. The van der Waals surface area contributed by atoms with Crippen molar-refractivity contribution in [3.05, 3.63) is 94.1 Å². The molecule has 31 heavy (non-hydrogen) atoms. The maximum absolute atomic E-state index is 12.9. The molecular weight excluding hydrogens is 394 g/mol. The number of carbonyl (C=O) groups excluding carboxylic acids is 2. The van der Waals surface area contributed by atoms with Gasteiger partial charge in [0.05, 0.1) is 5.39 Å². The molecule has 4 aromatic rings. The molecular formula is C25H19NO5. The highest BCUT2D eigenvalue weighted by molar-refractivity contribution is 6.03. The first-order chi connectivity index (χ1) is 14.9. The van der Waals surface area contributed by atoms with Crippen LogP contribution in [0.2, 0.25) is 0 Å². The van der Waals surface area contributed by atoms with Gasteiger partial charge in [0.1, 0.15) is 17.1 Å². The lowest BCUT2D eigenvalue weighted by molar-refractivity contribution is -0.114. The predicted molar refractivity (Wildman–Crippen MR) is 118 cm³/mol. The maximum Gasteiger partial charge on any atom is 0.347 e. The van der Waals surface area contributed by atoms with Crippen LogP contribution >= 0.6 is 0 Å². The Balaban J connectivity index is 1.73. The van der Waals surface area contributed by atoms with Crippen molar-refractivity contribution in [3.8, 4) is 17.1 Å². The van der Waals surface area contributed by atoms with Gasteiger partial charge >= 0.3 is 5.97 Å². The van der Waals surface area contributed by atoms with Crippen LogP contribution in [0, 0.1) is 6.92 Å². The highest BCUT2D eigenvalue weighted by Crippen LogP contribution is 2.28. The number of anilines is 1. The molecule has 0 atom stereocenters. The quantitative estimate of drug-likeness (QED) is 0.378. The Bertz CT molecular complexity index is 1340. The highest BCUT2D eigenvalue weighted by Gasteiger charge is 2.19. The van der Waals surface area contributed by atoms with E-state index in [9.17, 15) is 14.4 Å². The van der Waals surface area contributed by atoms with Crippen LogP contribution in [-0.2, 0) is 4.79 Å². The lowest BCUT2D eigenvalue weighted by Gasteiger charge is -2.10. The smallest absolute Gasteiger partial charge is 0.347 e. The molecule has 6 nitrogen and oxygen atoms in total. The number of rotatable bonds is 4. The molecule has 1 aromatic heterocycles. The van der Waals surface area contributed by atoms with E-state index in [1.807, 2.05) is 30.3 Å². The molecule has 0 saturated carbocycles. The second-order valence-electron chi connectivity index (χ2n) is 7.03. The van der Waals surface area contributed by atoms with Gasteiger partial charge in [-0.3, -0.25) is 9.59 Å². The molecule has 6 heteroatoms. The third kappa shape index (κ3) is 4.09. The molecule has 1 heterocycles. The topological polar surface area (TPSA) is 85.6 Å². The fourth-order valence-electron chi connectivity index (χ4n) is 3.31. The third-order valence-electron chi connectivity index (χ3n) is 4.79. The Hall–Kier alpha value is -4.19. The normalized spacial score (nSPS) is 10.6. The lowest BCUT2D eigenvalue weighted by atomic mass is 10.0. The van der Waals surface area contributed by atoms with Crippen LogP contribution < -0.4 is 15.5 Å². The minimum atomic E-state index is -0.649. The SMILES string of the molecule is CC(=O)Nc1ccc(OC(=O)c2cccc3c(=O)c(C)c(-c4ccccc4)oc23)cc1. The monoisotopic (exact) mass is 413 g/mol. The van der Waals surface area contributed by atoms with Crippen LogP contribution in [0.3, 0.4) is 0 Å². The van der Waals surface area contributed by atoms with Gasteiger partial charge in [0.15, 0.2) is 11.0 Å². The molecule has 154 valence electrons. The summed E-state index contributed by atoms with van der Waals surface area (Å²) in [6, 6.07) is 20.5. The molecule has 0 aliphatic heterocycles. The van der Waals surface area contributed by atoms with E-state index < -0.39 is 5.97 Å². The standard InChI is InChI=1S/C25H19NO5/c1-15-22(28)20-9-6-10-21(24(20)31-23(15)17-7-4-3-5-8-17)25(29)30-19-13-11-18(12-14-19)26-16(2)27/h3-14H,1-2H3,(H,26,27). The summed E-state index contributed by atoms with van der Waals surface area (Å²) >= 11 is 0. The van der Waals surface area contributed by atoms with Crippen LogP contribution in [0.5, 0.6) is 5.75 Å². The molecule has 3 aromatic carbocycles. The number of hydrogen-bond acceptors (Lipinski definition) is 5. The summed E-state index contributed by atoms with van der Waals surface area (Å²) in [5.74, 6) is -0.129. The van der Waals surface area contributed by atoms with Crippen molar-refractivity contribution in [1.82, 2.24) is 0 Å². The van der Waals surface area contributed by atoms with Crippen LogP contribution in [0.25, 0.3) is 22.3 Å². The van der Waals surface area contributed by atoms with E-state index in [0.717, 1.165) is 5.56 Å². The van der Waals surface area contributed by atoms with Gasteiger partial charge in [0.25, 0.3) is 0 Å². The summed E-state index contributed by atoms with van der Waals surface area (Å²) in [5, 5.41) is 2.96. The summed E-state index contributed by atoms with van der Waals surface area (Å²) < 4.78 is 11.5. The Morgan fingerprint density at radius 3 is 2.29 bits per heavy atom. The fraction of sp³-hybridized carbons (Fsp3) is 0.0800. The van der Waals surface area contributed by atoms with Gasteiger partial charge in [0, 0.05) is 23.7 Å². The van der Waals surface area contributed by atoms with Crippen molar-refractivity contribution in [2.75, 3.05) is 5.32 Å². The van der Waals surface area contributed by atoms with E-state index in [0.29, 0.717) is 28.1 Å². The molecule has 0 fully saturated rings. The number of benzene rings is 3. The van der Waals surface area contributed by atoms with E-state index in [-0.39, 0.29) is 22.5 Å². The molecule has 0 radical (unpaired) electrons. The van der Waals surface area contributed by atoms with Crippen molar-refractivity contribution >= 4 is 28.5 Å². The number of ether oxygens (including phenoxy) is 1. The summed E-state index contributed by atoms with van der Waals surface area (Å²) in [7, 11) is 0. The molecule has 0 spiro atoms. The summed E-state index contributed by atoms with van der Waals surface area (Å²) in [4.78, 5) is 36.9. The minimum absolute atomic E-state index is 0.151. The molecule has 0 saturated heterocycles. The zero-order chi connectivity index (χ0) is 22.0. The first-order valence-corrected chi connectivity index (χ1v) is 9.65. The number of nitrogens with one attached hydrogen (secondary N) is 1. The van der Waals surface area contributed by atoms with E-state index in [2.05, 4.69) is 5.32 Å². The predicted octanol–water partition coefficient (Wildman–Crippen LogP) is 4.95. The van der Waals surface area contributed by atoms with E-state index in [4.69, 9.17) is 9.15 Å². The molecule has 0 aliphatic carbocycles. The van der Waals surface area contributed by atoms with E-state index in [1.165, 1.54) is 6.92 Å². The molecule has 0 aliphatic rings. The number of amides is 1. The van der Waals surface area contributed by atoms with Gasteiger partial charge in [-0.05, 0) is 43.3 Å². The van der Waals surface area contributed by atoms with Crippen molar-refractivity contribution in [3.63, 3.8) is 0 Å². The Labute approximate surface area is 178 Å². The van der Waals surface area contributed by atoms with Crippen LogP contribution in [0.1, 0.15) is 22.8 Å². The zero-order valence-corrected chi connectivity index (χ0v) is 17.0. The first-order valence-electron chi connectivity index (χ1n) is 9.65. The zero-order valence-electron chi connectivity index (χ0n) is 17.0. The average molecular weight is 413 g/mol. The Kier molecular flexibility index (Phi) is 5.37. The van der Waals surface area contributed by atoms with Gasteiger partial charge in [-0.25, -0.2) is 4.79 Å². The second kappa shape index (κ2) is 8.28. The molecule has 1 N–H and O–H groups in total. The minimum Gasteiger partial charge on any atom is -0.455 e. The van der Waals surface area contributed by atoms with Crippen LogP contribution in [0.15, 0.2) is 82.0 Å².